The monoisotopic (exact) mass is 776 g/mol. The fourth-order valence-electron chi connectivity index (χ4n) is 8.81. The largest absolute Gasteiger partial charge is 0.456 e. The van der Waals surface area contributed by atoms with E-state index in [1.165, 1.54) is 10.5 Å². The molecule has 2 aliphatic heterocycles. The fourth-order valence-corrected chi connectivity index (χ4v) is 8.81. The molecular weight excluding hydrogens is 702 g/mol. The van der Waals surface area contributed by atoms with E-state index in [1.54, 1.807) is 28.3 Å². The summed E-state index contributed by atoms with van der Waals surface area (Å²) >= 11 is 0. The molecule has 55 heavy (non-hydrogen) atoms. The van der Waals surface area contributed by atoms with Crippen molar-refractivity contribution in [3.05, 3.63) is 23.3 Å². The van der Waals surface area contributed by atoms with Crippen LogP contribution >= 0.6 is 0 Å². The first-order chi connectivity index (χ1) is 26.0. The fraction of sp³-hybridized carbons (Fsp3) is 0.818. The van der Waals surface area contributed by atoms with Crippen LogP contribution in [0.15, 0.2) is 23.3 Å². The molecule has 3 rings (SSSR count). The van der Waals surface area contributed by atoms with E-state index in [2.05, 4.69) is 19.9 Å². The van der Waals surface area contributed by atoms with Gasteiger partial charge in [0, 0.05) is 52.0 Å². The summed E-state index contributed by atoms with van der Waals surface area (Å²) in [5.74, 6) is -5.59. The van der Waals surface area contributed by atoms with Crippen LogP contribution in [0.4, 0.5) is 0 Å². The van der Waals surface area contributed by atoms with Gasteiger partial charge in [0.2, 0.25) is 5.79 Å². The molecule has 2 heterocycles. The van der Waals surface area contributed by atoms with Crippen LogP contribution in [-0.2, 0) is 42.9 Å². The van der Waals surface area contributed by atoms with Crippen LogP contribution in [-0.4, -0.2) is 104 Å². The second kappa shape index (κ2) is 21.4. The zero-order chi connectivity index (χ0) is 41.2. The van der Waals surface area contributed by atoms with Crippen LogP contribution in [0.25, 0.3) is 0 Å². The van der Waals surface area contributed by atoms with Crippen LogP contribution < -0.4 is 0 Å². The molecule has 13 atom stereocenters. The third-order valence-electron chi connectivity index (χ3n) is 12.9. The number of carbonyl (C=O) groups excluding carboxylic acids is 4. The van der Waals surface area contributed by atoms with Crippen LogP contribution in [0.2, 0.25) is 0 Å². The molecule has 1 amide bonds. The maximum Gasteiger partial charge on any atom is 0.329 e. The summed E-state index contributed by atoms with van der Waals surface area (Å²) < 4.78 is 29.6. The number of ketones is 2. The first-order valence-corrected chi connectivity index (χ1v) is 20.9. The minimum absolute atomic E-state index is 0.112. The minimum atomic E-state index is -2.42. The second-order valence-corrected chi connectivity index (χ2v) is 17.0. The lowest BCUT2D eigenvalue weighted by Crippen LogP contribution is -2.63. The smallest absolute Gasteiger partial charge is 0.329 e. The van der Waals surface area contributed by atoms with Crippen LogP contribution in [0.1, 0.15) is 127 Å². The Labute approximate surface area is 331 Å². The Kier molecular flexibility index (Phi) is 18.2. The number of esters is 1. The number of allylic oxidation sites excluding steroid dienone is 3. The quantitative estimate of drug-likeness (QED) is 0.0828. The van der Waals surface area contributed by atoms with Gasteiger partial charge in [-0.05, 0) is 88.5 Å². The molecule has 0 radical (unpaired) electrons. The Morgan fingerprint density at radius 2 is 1.64 bits per heavy atom. The van der Waals surface area contributed by atoms with Crippen molar-refractivity contribution in [3.63, 3.8) is 0 Å². The number of nitrogens with zero attached hydrogens (tertiary/aromatic N) is 1. The lowest BCUT2D eigenvalue weighted by atomic mass is 9.78. The Morgan fingerprint density at radius 3 is 2.24 bits per heavy atom. The van der Waals surface area contributed by atoms with E-state index in [1.807, 2.05) is 47.6 Å². The number of aliphatic hydroxyl groups is 1. The standard InChI is InChI=1S/C44H73NO10/c1-13-16-36(51-10)40-38(53-12)24-31(8)44(50,55-40)41(47)42(48)45-20-15-17-34(45)43(49)54-39(30(7)22-33-19-18-27(4)37(25-33)52-11)32(9)28(5)23-35(46)29(6)21-26(3)14-2/h21-22,27-29,31-34,36-40,50H,13-20,23-25H2,1-12H3/b26-21+,30-22+. The minimum Gasteiger partial charge on any atom is -0.456 e. The SMILES string of the molecule is CCCC(OC)C1OC(O)(C(=O)C(=O)N2CCCC2C(=O)OC(/C(C)=C/C2CCC(C)C(OC)C2)C(C)C(C)CC(=O)C(C)/C=C(\C)CC)C(C)CC1OC. The van der Waals surface area contributed by atoms with Crippen molar-refractivity contribution in [2.24, 2.45) is 35.5 Å². The summed E-state index contributed by atoms with van der Waals surface area (Å²) in [6.07, 6.45) is 8.59. The number of likely N-dealkylation sites (tertiary alicyclic amines) is 1. The third-order valence-corrected chi connectivity index (χ3v) is 12.9. The lowest BCUT2D eigenvalue weighted by molar-refractivity contribution is -0.302. The summed E-state index contributed by atoms with van der Waals surface area (Å²) in [5.41, 5.74) is 2.07. The highest BCUT2D eigenvalue weighted by Gasteiger charge is 2.56. The van der Waals surface area contributed by atoms with Gasteiger partial charge in [-0.25, -0.2) is 4.79 Å². The van der Waals surface area contributed by atoms with Crippen molar-refractivity contribution < 1.29 is 48.0 Å². The number of Topliss-reactive ketones (excluding diaryl/α,β-unsaturated/α-hetero) is 2. The molecule has 0 aromatic carbocycles. The van der Waals surface area contributed by atoms with Crippen molar-refractivity contribution in [1.82, 2.24) is 4.90 Å². The van der Waals surface area contributed by atoms with Crippen LogP contribution in [0.5, 0.6) is 0 Å². The summed E-state index contributed by atoms with van der Waals surface area (Å²) in [5, 5.41) is 11.8. The molecule has 2 saturated heterocycles. The van der Waals surface area contributed by atoms with E-state index < -0.39 is 59.8 Å². The zero-order valence-electron chi connectivity index (χ0n) is 35.9. The van der Waals surface area contributed by atoms with Crippen molar-refractivity contribution in [2.75, 3.05) is 27.9 Å². The Balaban J connectivity index is 1.88. The Hall–Kier alpha value is -2.44. The summed E-state index contributed by atoms with van der Waals surface area (Å²) in [7, 11) is 4.84. The number of rotatable bonds is 19. The van der Waals surface area contributed by atoms with Gasteiger partial charge in [-0.15, -0.1) is 0 Å². The highest BCUT2D eigenvalue weighted by atomic mass is 16.7. The van der Waals surface area contributed by atoms with Crippen molar-refractivity contribution in [1.29, 1.82) is 0 Å². The normalized spacial score (nSPS) is 32.0. The van der Waals surface area contributed by atoms with Gasteiger partial charge in [0.25, 0.3) is 11.7 Å². The first-order valence-electron chi connectivity index (χ1n) is 20.9. The van der Waals surface area contributed by atoms with E-state index in [-0.39, 0.29) is 48.5 Å². The maximum absolute atomic E-state index is 14.2. The van der Waals surface area contributed by atoms with Crippen molar-refractivity contribution >= 4 is 23.4 Å². The van der Waals surface area contributed by atoms with Gasteiger partial charge < -0.3 is 33.7 Å². The molecule has 0 aromatic rings. The molecule has 1 saturated carbocycles. The molecule has 11 heteroatoms. The molecule has 0 aromatic heterocycles. The molecular formula is C44H73NO10. The molecule has 13 unspecified atom stereocenters. The lowest BCUT2D eigenvalue weighted by Gasteiger charge is -2.46. The van der Waals surface area contributed by atoms with E-state index in [0.717, 1.165) is 37.7 Å². The highest BCUT2D eigenvalue weighted by molar-refractivity contribution is 6.39. The highest BCUT2D eigenvalue weighted by Crippen LogP contribution is 2.39. The summed E-state index contributed by atoms with van der Waals surface area (Å²) in [4.78, 5) is 56.8. The predicted octanol–water partition coefficient (Wildman–Crippen LogP) is 7.02. The average Bonchev–Trinajstić information content (AvgIpc) is 3.66. The molecule has 0 spiro atoms. The van der Waals surface area contributed by atoms with Gasteiger partial charge in [0.1, 0.15) is 24.0 Å². The predicted molar refractivity (Wildman–Crippen MR) is 212 cm³/mol. The molecule has 3 fully saturated rings. The van der Waals surface area contributed by atoms with E-state index in [4.69, 9.17) is 23.7 Å². The molecule has 3 aliphatic rings. The van der Waals surface area contributed by atoms with Gasteiger partial charge in [-0.2, -0.15) is 0 Å². The summed E-state index contributed by atoms with van der Waals surface area (Å²) in [6, 6.07) is -1.01. The van der Waals surface area contributed by atoms with Gasteiger partial charge in [0.05, 0.1) is 18.3 Å². The van der Waals surface area contributed by atoms with Gasteiger partial charge in [-0.3, -0.25) is 14.4 Å². The number of methoxy groups -OCH3 is 3. The number of hydrogen-bond donors (Lipinski definition) is 1. The maximum atomic E-state index is 14.2. The number of amides is 1. The molecule has 11 nitrogen and oxygen atoms in total. The third kappa shape index (κ3) is 11.6. The molecule has 1 aliphatic carbocycles. The van der Waals surface area contributed by atoms with E-state index in [0.29, 0.717) is 31.6 Å². The topological polar surface area (TPSA) is 138 Å². The average molecular weight is 776 g/mol. The first kappa shape index (κ1) is 46.9. The Morgan fingerprint density at radius 1 is 0.964 bits per heavy atom. The molecule has 0 bridgehead atoms. The number of hydrogen-bond acceptors (Lipinski definition) is 10. The Bertz CT molecular complexity index is 1360. The number of carbonyl (C=O) groups is 4. The zero-order valence-corrected chi connectivity index (χ0v) is 35.9. The second-order valence-electron chi connectivity index (χ2n) is 17.0. The van der Waals surface area contributed by atoms with Gasteiger partial charge in [-0.1, -0.05) is 72.6 Å². The number of ether oxygens (including phenoxy) is 5. The summed E-state index contributed by atoms with van der Waals surface area (Å²) in [6.45, 7) is 18.1. The van der Waals surface area contributed by atoms with Crippen LogP contribution in [0.3, 0.4) is 0 Å². The van der Waals surface area contributed by atoms with E-state index >= 15 is 0 Å². The molecule has 314 valence electrons. The van der Waals surface area contributed by atoms with Crippen LogP contribution in [0, 0.1) is 35.5 Å². The molecule has 1 N–H and O–H groups in total. The van der Waals surface area contributed by atoms with E-state index in [9.17, 15) is 24.3 Å². The van der Waals surface area contributed by atoms with Gasteiger partial charge in [0.15, 0.2) is 0 Å². The van der Waals surface area contributed by atoms with Gasteiger partial charge >= 0.3 is 5.97 Å². The van der Waals surface area contributed by atoms with Crippen molar-refractivity contribution in [2.45, 2.75) is 169 Å². The van der Waals surface area contributed by atoms with Crippen molar-refractivity contribution in [3.8, 4) is 0 Å².